The van der Waals surface area contributed by atoms with E-state index in [2.05, 4.69) is 0 Å². The molecule has 0 radical (unpaired) electrons. The fraction of sp³-hybridized carbons (Fsp3) is 0.462. The van der Waals surface area contributed by atoms with Gasteiger partial charge in [0.25, 0.3) is 0 Å². The van der Waals surface area contributed by atoms with Gasteiger partial charge in [0, 0.05) is 11.3 Å². The molecule has 1 unspecified atom stereocenters. The van der Waals surface area contributed by atoms with Crippen LogP contribution in [0.1, 0.15) is 31.2 Å². The Hall–Kier alpha value is -0.960. The Kier molecular flexibility index (Phi) is 3.54. The molecule has 1 aliphatic carbocycles. The Morgan fingerprint density at radius 1 is 1.19 bits per heavy atom. The van der Waals surface area contributed by atoms with E-state index in [0.717, 1.165) is 29.7 Å². The lowest BCUT2D eigenvalue weighted by molar-refractivity contribution is -0.119. The summed E-state index contributed by atoms with van der Waals surface area (Å²) in [5.74, 6) is 0.171. The number of benzene rings is 1. The maximum Gasteiger partial charge on any atom is 0.148 e. The zero-order valence-corrected chi connectivity index (χ0v) is 10.3. The summed E-state index contributed by atoms with van der Waals surface area (Å²) >= 11 is 0. The van der Waals surface area contributed by atoms with Gasteiger partial charge in [-0.3, -0.25) is 9.00 Å². The third-order valence-electron chi connectivity index (χ3n) is 3.01. The van der Waals surface area contributed by atoms with Gasteiger partial charge in [-0.1, -0.05) is 24.1 Å². The molecule has 0 N–H and O–H groups in total. The number of carbonyl (C=O) groups is 1. The molecule has 86 valence electrons. The van der Waals surface area contributed by atoms with Crippen LogP contribution in [-0.4, -0.2) is 15.2 Å². The predicted octanol–water partition coefficient (Wildman–Crippen LogP) is 2.61. The molecule has 1 saturated carbocycles. The summed E-state index contributed by atoms with van der Waals surface area (Å²) in [5, 5.41) is -0.267. The molecular weight excluding hydrogens is 220 g/mol. The molecule has 3 heteroatoms. The van der Waals surface area contributed by atoms with E-state index in [0.29, 0.717) is 6.42 Å². The molecule has 1 aromatic carbocycles. The van der Waals surface area contributed by atoms with Gasteiger partial charge in [-0.15, -0.1) is 0 Å². The third-order valence-corrected chi connectivity index (χ3v) is 4.76. The van der Waals surface area contributed by atoms with Crippen LogP contribution in [0.5, 0.6) is 0 Å². The van der Waals surface area contributed by atoms with Crippen LogP contribution in [0.15, 0.2) is 29.2 Å². The van der Waals surface area contributed by atoms with Crippen LogP contribution >= 0.6 is 0 Å². The Balaban J connectivity index is 2.17. The number of aryl methyl sites for hydroxylation is 1. The highest BCUT2D eigenvalue weighted by molar-refractivity contribution is 7.86. The molecule has 0 bridgehead atoms. The highest BCUT2D eigenvalue weighted by Crippen LogP contribution is 2.23. The minimum atomic E-state index is -1.16. The van der Waals surface area contributed by atoms with Gasteiger partial charge in [0.05, 0.1) is 16.0 Å². The predicted molar refractivity (Wildman–Crippen MR) is 64.9 cm³/mol. The number of Topliss-reactive ketones (excluding diaryl/α,β-unsaturated/α-hetero) is 1. The quantitative estimate of drug-likeness (QED) is 0.791. The second-order valence-corrected chi connectivity index (χ2v) is 5.95. The molecule has 0 amide bonds. The fourth-order valence-electron chi connectivity index (χ4n) is 2.01. The van der Waals surface area contributed by atoms with Gasteiger partial charge in [-0.2, -0.15) is 0 Å². The van der Waals surface area contributed by atoms with Crippen molar-refractivity contribution >= 4 is 16.6 Å². The van der Waals surface area contributed by atoms with Crippen molar-refractivity contribution in [3.8, 4) is 0 Å². The SMILES string of the molecule is Cc1ccc(S(=O)[C@@H]2CCCCC2=O)cc1. The second kappa shape index (κ2) is 4.91. The molecule has 2 atom stereocenters. The number of rotatable bonds is 2. The van der Waals surface area contributed by atoms with Crippen LogP contribution < -0.4 is 0 Å². The molecular formula is C13H16O2S. The normalized spacial score (nSPS) is 23.1. The number of ketones is 1. The summed E-state index contributed by atoms with van der Waals surface area (Å²) in [6.45, 7) is 2.00. The number of carbonyl (C=O) groups excluding carboxylic acids is 1. The summed E-state index contributed by atoms with van der Waals surface area (Å²) < 4.78 is 12.2. The van der Waals surface area contributed by atoms with Crippen molar-refractivity contribution in [1.82, 2.24) is 0 Å². The van der Waals surface area contributed by atoms with E-state index in [1.165, 1.54) is 0 Å². The van der Waals surface area contributed by atoms with E-state index in [4.69, 9.17) is 0 Å². The molecule has 1 aliphatic rings. The van der Waals surface area contributed by atoms with Crippen LogP contribution in [0.3, 0.4) is 0 Å². The third kappa shape index (κ3) is 2.40. The van der Waals surface area contributed by atoms with Gasteiger partial charge in [-0.25, -0.2) is 0 Å². The van der Waals surface area contributed by atoms with Crippen molar-refractivity contribution in [3.63, 3.8) is 0 Å². The first-order valence-corrected chi connectivity index (χ1v) is 6.90. The average molecular weight is 236 g/mol. The van der Waals surface area contributed by atoms with E-state index in [9.17, 15) is 9.00 Å². The lowest BCUT2D eigenvalue weighted by atomic mass is 9.99. The van der Waals surface area contributed by atoms with Crippen LogP contribution in [-0.2, 0) is 15.6 Å². The topological polar surface area (TPSA) is 34.1 Å². The molecule has 1 aromatic rings. The van der Waals surface area contributed by atoms with Crippen LogP contribution in [0.25, 0.3) is 0 Å². The molecule has 2 rings (SSSR count). The first kappa shape index (κ1) is 11.5. The maximum atomic E-state index is 12.2. The standard InChI is InChI=1S/C13H16O2S/c1-10-6-8-11(9-7-10)16(15)13-5-3-2-4-12(13)14/h6-9,13H,2-5H2,1H3/t13-,16?/m1/s1. The largest absolute Gasteiger partial charge is 0.298 e. The lowest BCUT2D eigenvalue weighted by Crippen LogP contribution is -2.29. The molecule has 0 aromatic heterocycles. The summed E-state index contributed by atoms with van der Waals surface area (Å²) in [6.07, 6.45) is 3.36. The second-order valence-electron chi connectivity index (χ2n) is 4.31. The van der Waals surface area contributed by atoms with Crippen LogP contribution in [0.4, 0.5) is 0 Å². The van der Waals surface area contributed by atoms with Gasteiger partial charge < -0.3 is 0 Å². The summed E-state index contributed by atoms with van der Waals surface area (Å²) in [6, 6.07) is 7.63. The van der Waals surface area contributed by atoms with Crippen molar-refractivity contribution < 1.29 is 9.00 Å². The minimum Gasteiger partial charge on any atom is -0.298 e. The summed E-state index contributed by atoms with van der Waals surface area (Å²) in [7, 11) is -1.16. The Bertz CT molecular complexity index is 408. The highest BCUT2D eigenvalue weighted by atomic mass is 32.2. The monoisotopic (exact) mass is 236 g/mol. The van der Waals surface area contributed by atoms with Crippen molar-refractivity contribution in [1.29, 1.82) is 0 Å². The molecule has 0 saturated heterocycles. The smallest absolute Gasteiger partial charge is 0.148 e. The molecule has 1 fully saturated rings. The first-order chi connectivity index (χ1) is 7.68. The van der Waals surface area contributed by atoms with Gasteiger partial charge in [0.1, 0.15) is 5.78 Å². The van der Waals surface area contributed by atoms with Crippen LogP contribution in [0, 0.1) is 6.92 Å². The summed E-state index contributed by atoms with van der Waals surface area (Å²) in [4.78, 5) is 12.5. The van der Waals surface area contributed by atoms with Crippen molar-refractivity contribution in [3.05, 3.63) is 29.8 Å². The molecule has 16 heavy (non-hydrogen) atoms. The maximum absolute atomic E-state index is 12.2. The molecule has 0 aliphatic heterocycles. The molecule has 0 heterocycles. The zero-order valence-electron chi connectivity index (χ0n) is 9.44. The lowest BCUT2D eigenvalue weighted by Gasteiger charge is -2.19. The number of hydrogen-bond donors (Lipinski definition) is 0. The number of hydrogen-bond acceptors (Lipinski definition) is 2. The van der Waals surface area contributed by atoms with Gasteiger partial charge in [-0.05, 0) is 31.9 Å². The van der Waals surface area contributed by atoms with E-state index in [1.807, 2.05) is 31.2 Å². The van der Waals surface area contributed by atoms with E-state index < -0.39 is 10.8 Å². The Morgan fingerprint density at radius 2 is 1.88 bits per heavy atom. The Morgan fingerprint density at radius 3 is 2.50 bits per heavy atom. The zero-order chi connectivity index (χ0) is 11.5. The van der Waals surface area contributed by atoms with Crippen molar-refractivity contribution in [2.24, 2.45) is 0 Å². The molecule has 2 nitrogen and oxygen atoms in total. The van der Waals surface area contributed by atoms with Crippen molar-refractivity contribution in [2.45, 2.75) is 42.8 Å². The van der Waals surface area contributed by atoms with Crippen LogP contribution in [0.2, 0.25) is 0 Å². The summed E-state index contributed by atoms with van der Waals surface area (Å²) in [5.41, 5.74) is 1.15. The van der Waals surface area contributed by atoms with Gasteiger partial charge >= 0.3 is 0 Å². The Labute approximate surface area is 98.5 Å². The minimum absolute atomic E-state index is 0.171. The first-order valence-electron chi connectivity index (χ1n) is 5.68. The van der Waals surface area contributed by atoms with Gasteiger partial charge in [0.15, 0.2) is 0 Å². The molecule has 0 spiro atoms. The van der Waals surface area contributed by atoms with Crippen molar-refractivity contribution in [2.75, 3.05) is 0 Å². The average Bonchev–Trinajstić information content (AvgIpc) is 2.30. The van der Waals surface area contributed by atoms with Gasteiger partial charge in [0.2, 0.25) is 0 Å². The van der Waals surface area contributed by atoms with E-state index in [-0.39, 0.29) is 11.0 Å². The van der Waals surface area contributed by atoms with E-state index >= 15 is 0 Å². The fourth-order valence-corrected chi connectivity index (χ4v) is 3.48. The van der Waals surface area contributed by atoms with E-state index in [1.54, 1.807) is 0 Å². The highest BCUT2D eigenvalue weighted by Gasteiger charge is 2.28.